The Labute approximate surface area is 277 Å². The predicted molar refractivity (Wildman–Crippen MR) is 181 cm³/mol. The number of ketones is 2. The van der Waals surface area contributed by atoms with Crippen LogP contribution in [0.4, 0.5) is 0 Å². The fourth-order valence-corrected chi connectivity index (χ4v) is 7.30. The van der Waals surface area contributed by atoms with E-state index in [0.29, 0.717) is 41.0 Å². The minimum absolute atomic E-state index is 0.0793. The summed E-state index contributed by atoms with van der Waals surface area (Å²) in [6, 6.07) is 0. The smallest absolute Gasteiger partial charge is 0.330 e. The van der Waals surface area contributed by atoms with E-state index in [0.717, 1.165) is 18.4 Å². The molecule has 2 N–H and O–H groups in total. The Kier molecular flexibility index (Phi) is 8.99. The molecular formula is C39H48O8. The molecule has 0 spiro atoms. The molecule has 5 atom stereocenters. The molecule has 1 fully saturated rings. The first-order valence-corrected chi connectivity index (χ1v) is 16.5. The van der Waals surface area contributed by atoms with E-state index in [-0.39, 0.29) is 40.8 Å². The number of aromatic hydroxyl groups is 1. The largest absolute Gasteiger partial charge is 0.506 e. The number of fused-ring (bicyclic) bond motifs is 6. The quantitative estimate of drug-likeness (QED) is 0.217. The van der Waals surface area contributed by atoms with E-state index in [1.807, 2.05) is 46.8 Å². The lowest BCUT2D eigenvalue weighted by molar-refractivity contribution is -0.171. The summed E-state index contributed by atoms with van der Waals surface area (Å²) in [5, 5.41) is 21.1. The molecule has 0 amide bonds. The van der Waals surface area contributed by atoms with Crippen molar-refractivity contribution in [1.29, 1.82) is 0 Å². The van der Waals surface area contributed by atoms with Crippen LogP contribution in [0, 0.1) is 11.8 Å². The molecule has 1 aromatic carbocycles. The fourth-order valence-electron chi connectivity index (χ4n) is 7.30. The number of benzene rings is 1. The van der Waals surface area contributed by atoms with Gasteiger partial charge in [-0.1, -0.05) is 35.5 Å². The van der Waals surface area contributed by atoms with Crippen molar-refractivity contribution in [2.24, 2.45) is 11.8 Å². The summed E-state index contributed by atoms with van der Waals surface area (Å²) in [4.78, 5) is 40.0. The summed E-state index contributed by atoms with van der Waals surface area (Å²) < 4.78 is 20.1. The lowest BCUT2D eigenvalue weighted by Crippen LogP contribution is -2.50. The van der Waals surface area contributed by atoms with Crippen molar-refractivity contribution in [2.45, 2.75) is 117 Å². The number of rotatable bonds is 8. The lowest BCUT2D eigenvalue weighted by Gasteiger charge is -2.45. The van der Waals surface area contributed by atoms with Gasteiger partial charge in [0.2, 0.25) is 0 Å². The molecule has 1 aromatic rings. The highest BCUT2D eigenvalue weighted by atomic mass is 16.5. The number of carboxylic acid groups (broad SMARTS) is 1. The van der Waals surface area contributed by atoms with Crippen molar-refractivity contribution in [2.75, 3.05) is 0 Å². The molecular weight excluding hydrogens is 596 g/mol. The van der Waals surface area contributed by atoms with Crippen molar-refractivity contribution < 1.29 is 38.8 Å². The molecule has 2 bridgehead atoms. The monoisotopic (exact) mass is 644 g/mol. The van der Waals surface area contributed by atoms with Crippen LogP contribution in [0.1, 0.15) is 109 Å². The van der Waals surface area contributed by atoms with E-state index >= 15 is 0 Å². The third-order valence-electron chi connectivity index (χ3n) is 10.0. The summed E-state index contributed by atoms with van der Waals surface area (Å²) in [6.45, 7) is 17.1. The fraction of sp³-hybridized carbons (Fsp3) is 0.513. The van der Waals surface area contributed by atoms with Gasteiger partial charge in [0.25, 0.3) is 0 Å². The summed E-state index contributed by atoms with van der Waals surface area (Å²) >= 11 is 0. The van der Waals surface area contributed by atoms with Crippen LogP contribution in [0.5, 0.6) is 17.2 Å². The minimum Gasteiger partial charge on any atom is -0.506 e. The summed E-state index contributed by atoms with van der Waals surface area (Å²) in [5.41, 5.74) is 1.13. The first kappa shape index (κ1) is 34.4. The Hall–Kier alpha value is -3.91. The maximum absolute atomic E-state index is 14.5. The van der Waals surface area contributed by atoms with Gasteiger partial charge >= 0.3 is 5.97 Å². The molecule has 252 valence electrons. The number of phenols is 1. The Bertz CT molecular complexity index is 1680. The van der Waals surface area contributed by atoms with Crippen LogP contribution in [-0.4, -0.2) is 50.7 Å². The molecule has 3 heterocycles. The number of Topliss-reactive ketones (excluding diaryl/α,β-unsaturated/α-hetero) is 2. The van der Waals surface area contributed by atoms with Crippen LogP contribution >= 0.6 is 0 Å². The number of carbonyl (C=O) groups excluding carboxylic acids is 2. The molecule has 47 heavy (non-hydrogen) atoms. The van der Waals surface area contributed by atoms with Crippen molar-refractivity contribution in [3.8, 4) is 17.2 Å². The van der Waals surface area contributed by atoms with Crippen LogP contribution in [0.25, 0.3) is 6.08 Å². The van der Waals surface area contributed by atoms with Crippen molar-refractivity contribution in [3.05, 3.63) is 69.4 Å². The number of hydrogen-bond donors (Lipinski definition) is 2. The molecule has 8 nitrogen and oxygen atoms in total. The number of carbonyl (C=O) groups is 3. The average Bonchev–Trinajstić information content (AvgIpc) is 3.03. The first-order chi connectivity index (χ1) is 21.9. The zero-order chi connectivity index (χ0) is 34.6. The van der Waals surface area contributed by atoms with Crippen molar-refractivity contribution in [3.63, 3.8) is 0 Å². The van der Waals surface area contributed by atoms with Gasteiger partial charge in [0.1, 0.15) is 40.1 Å². The normalized spacial score (nSPS) is 28.8. The molecule has 0 aromatic heterocycles. The lowest BCUT2D eigenvalue weighted by atomic mass is 9.69. The van der Waals surface area contributed by atoms with E-state index in [1.165, 1.54) is 18.6 Å². The molecule has 5 rings (SSSR count). The molecule has 0 saturated carbocycles. The molecule has 8 heteroatoms. The second-order valence-electron chi connectivity index (χ2n) is 15.0. The topological polar surface area (TPSA) is 119 Å². The van der Waals surface area contributed by atoms with Gasteiger partial charge in [-0.15, -0.1) is 0 Å². The highest BCUT2D eigenvalue weighted by Gasteiger charge is 2.57. The van der Waals surface area contributed by atoms with E-state index in [4.69, 9.17) is 14.2 Å². The Morgan fingerprint density at radius 2 is 1.68 bits per heavy atom. The van der Waals surface area contributed by atoms with E-state index in [1.54, 1.807) is 13.0 Å². The zero-order valence-electron chi connectivity index (χ0n) is 29.1. The standard InChI is InChI=1S/C39H48O8/c1-21(2)11-10-16-38(8)17-15-25-30(40)29-31(41)27-19-24-20-28(33(27)45-34(29)26(32(25)46-38)13-12-22(3)4)37(6,7)47-39(9,35(24)42)18-14-23(5)36(43)44/h11-12,14-15,17,19,24,28,33,40H,10,13,16,18,20H2,1-9H3,(H,43,44)/b23-14-. The van der Waals surface area contributed by atoms with Crippen molar-refractivity contribution >= 4 is 23.6 Å². The number of phenolic OH excluding ortho intramolecular Hbond substituents is 1. The van der Waals surface area contributed by atoms with E-state index in [2.05, 4.69) is 26.0 Å². The van der Waals surface area contributed by atoms with Gasteiger partial charge in [0, 0.05) is 35.0 Å². The van der Waals surface area contributed by atoms with E-state index in [9.17, 15) is 24.6 Å². The number of hydrogen-bond acceptors (Lipinski definition) is 7. The number of allylic oxidation sites excluding steroid dienone is 5. The third-order valence-corrected chi connectivity index (χ3v) is 10.0. The number of aliphatic carboxylic acids is 1. The summed E-state index contributed by atoms with van der Waals surface area (Å²) in [5.74, 6) is -2.05. The maximum Gasteiger partial charge on any atom is 0.330 e. The van der Waals surface area contributed by atoms with Crippen LogP contribution < -0.4 is 9.47 Å². The van der Waals surface area contributed by atoms with Crippen LogP contribution in [0.15, 0.2) is 52.7 Å². The highest BCUT2D eigenvalue weighted by Crippen LogP contribution is 2.55. The highest BCUT2D eigenvalue weighted by molar-refractivity contribution is 6.16. The van der Waals surface area contributed by atoms with E-state index < -0.39 is 34.8 Å². The minimum atomic E-state index is -1.31. The van der Waals surface area contributed by atoms with Gasteiger partial charge in [-0.05, 0) is 100 Å². The Balaban J connectivity index is 1.62. The summed E-state index contributed by atoms with van der Waals surface area (Å²) in [6.07, 6.45) is 13.0. The van der Waals surface area contributed by atoms with Crippen LogP contribution in [-0.2, 0) is 20.7 Å². The molecule has 5 unspecified atom stereocenters. The third kappa shape index (κ3) is 6.37. The Morgan fingerprint density at radius 1 is 1.00 bits per heavy atom. The van der Waals surface area contributed by atoms with Gasteiger partial charge in [-0.25, -0.2) is 4.79 Å². The molecule has 0 radical (unpaired) electrons. The first-order valence-electron chi connectivity index (χ1n) is 16.5. The van der Waals surface area contributed by atoms with Gasteiger partial charge < -0.3 is 24.4 Å². The zero-order valence-corrected chi connectivity index (χ0v) is 29.1. The van der Waals surface area contributed by atoms with Crippen molar-refractivity contribution in [1.82, 2.24) is 0 Å². The average molecular weight is 645 g/mol. The molecule has 1 saturated heterocycles. The van der Waals surface area contributed by atoms with Gasteiger partial charge in [0.15, 0.2) is 11.6 Å². The Morgan fingerprint density at radius 3 is 2.32 bits per heavy atom. The molecule has 1 aliphatic carbocycles. The van der Waals surface area contributed by atoms with Crippen LogP contribution in [0.3, 0.4) is 0 Å². The second kappa shape index (κ2) is 12.3. The van der Waals surface area contributed by atoms with Gasteiger partial charge in [-0.3, -0.25) is 9.59 Å². The number of carboxylic acids is 1. The predicted octanol–water partition coefficient (Wildman–Crippen LogP) is 7.88. The van der Waals surface area contributed by atoms with Gasteiger partial charge in [0.05, 0.1) is 11.2 Å². The van der Waals surface area contributed by atoms with Crippen LogP contribution in [0.2, 0.25) is 0 Å². The van der Waals surface area contributed by atoms with Gasteiger partial charge in [-0.2, -0.15) is 0 Å². The molecule has 3 aliphatic heterocycles. The maximum atomic E-state index is 14.5. The summed E-state index contributed by atoms with van der Waals surface area (Å²) in [7, 11) is 0. The molecule has 4 aliphatic rings. The number of ether oxygens (including phenoxy) is 3. The SMILES string of the molecule is CC(C)=CCCC1(C)C=Cc2c(O)c3c(c(CC=C(C)C)c2O1)OC1C(=CC2CC1C(C)(C)OC(C)(C/C=C(/C)C(=O)O)C2=O)C3=O. The second-order valence-corrected chi connectivity index (χ2v) is 15.0.